The number of aromatic nitrogens is 2. The van der Waals surface area contributed by atoms with E-state index < -0.39 is 0 Å². The van der Waals surface area contributed by atoms with Crippen molar-refractivity contribution in [3.63, 3.8) is 0 Å². The summed E-state index contributed by atoms with van der Waals surface area (Å²) in [5.74, 6) is 0. The van der Waals surface area contributed by atoms with Crippen LogP contribution in [0.2, 0.25) is 5.15 Å². The molecule has 1 aromatic carbocycles. The Bertz CT molecular complexity index is 604. The van der Waals surface area contributed by atoms with Crippen LogP contribution >= 0.6 is 39.3 Å². The van der Waals surface area contributed by atoms with Crippen molar-refractivity contribution in [1.82, 2.24) is 9.97 Å². The van der Waals surface area contributed by atoms with Gasteiger partial charge in [-0.2, -0.15) is 0 Å². The largest absolute Gasteiger partial charge is 0.228 e. The van der Waals surface area contributed by atoms with Crippen molar-refractivity contribution in [3.05, 3.63) is 45.3 Å². The summed E-state index contributed by atoms with van der Waals surface area (Å²) in [4.78, 5) is 9.38. The minimum atomic E-state index is 0.452. The number of hydrogen-bond acceptors (Lipinski definition) is 3. The van der Waals surface area contributed by atoms with E-state index in [1.54, 1.807) is 11.8 Å². The first-order valence-corrected chi connectivity index (χ1v) is 7.68. The van der Waals surface area contributed by atoms with E-state index >= 15 is 0 Å². The topological polar surface area (TPSA) is 25.8 Å². The van der Waals surface area contributed by atoms with Gasteiger partial charge in [0.15, 0.2) is 0 Å². The van der Waals surface area contributed by atoms with Gasteiger partial charge < -0.3 is 0 Å². The first-order chi connectivity index (χ1) is 8.74. The fraction of sp³-hybridized carbons (Fsp3) is 0.231. The summed E-state index contributed by atoms with van der Waals surface area (Å²) >= 11 is 11.0. The van der Waals surface area contributed by atoms with Crippen molar-refractivity contribution in [2.45, 2.75) is 29.2 Å². The quantitative estimate of drug-likeness (QED) is 0.750. The number of aryl methyl sites for hydroxylation is 2. The molecule has 3 rings (SSSR count). The molecule has 0 bridgehead atoms. The molecule has 0 atom stereocenters. The van der Waals surface area contributed by atoms with Gasteiger partial charge in [-0.3, -0.25) is 0 Å². The summed E-state index contributed by atoms with van der Waals surface area (Å²) < 4.78 is 0.761. The predicted octanol–water partition coefficient (Wildman–Crippen LogP) is 4.53. The smallest absolute Gasteiger partial charge is 0.147 e. The first kappa shape index (κ1) is 12.5. The lowest BCUT2D eigenvalue weighted by atomic mass is 10.1. The fourth-order valence-electron chi connectivity index (χ4n) is 2.13. The Morgan fingerprint density at radius 2 is 2.00 bits per heavy atom. The summed E-state index contributed by atoms with van der Waals surface area (Å²) in [5.41, 5.74) is 2.95. The number of benzene rings is 1. The van der Waals surface area contributed by atoms with Crippen LogP contribution in [0.25, 0.3) is 0 Å². The molecule has 0 aliphatic heterocycles. The maximum Gasteiger partial charge on any atom is 0.147 e. The average molecular weight is 342 g/mol. The normalized spacial score (nSPS) is 13.7. The molecule has 1 aliphatic rings. The Hall–Kier alpha value is -0.580. The summed E-state index contributed by atoms with van der Waals surface area (Å²) in [6, 6.07) is 6.63. The standard InChI is InChI=1S/C13H10BrClN2S/c14-11-12(15)16-7-17-13(11)18-10-5-4-8-2-1-3-9(8)6-10/h4-7H,1-3H2. The van der Waals surface area contributed by atoms with E-state index in [9.17, 15) is 0 Å². The first-order valence-electron chi connectivity index (χ1n) is 5.69. The van der Waals surface area contributed by atoms with Crippen molar-refractivity contribution >= 4 is 39.3 Å². The maximum absolute atomic E-state index is 5.96. The Labute approximate surface area is 123 Å². The van der Waals surface area contributed by atoms with Gasteiger partial charge in [0.25, 0.3) is 0 Å². The molecule has 0 unspecified atom stereocenters. The third-order valence-corrected chi connectivity index (χ3v) is 5.52. The number of hydrogen-bond donors (Lipinski definition) is 0. The molecule has 0 N–H and O–H groups in total. The molecular weight excluding hydrogens is 332 g/mol. The number of rotatable bonds is 2. The predicted molar refractivity (Wildman–Crippen MR) is 77.3 cm³/mol. The van der Waals surface area contributed by atoms with E-state index in [-0.39, 0.29) is 0 Å². The van der Waals surface area contributed by atoms with Crippen LogP contribution in [0.1, 0.15) is 17.5 Å². The summed E-state index contributed by atoms with van der Waals surface area (Å²) in [6.07, 6.45) is 5.16. The number of nitrogens with zero attached hydrogens (tertiary/aromatic N) is 2. The van der Waals surface area contributed by atoms with Crippen molar-refractivity contribution in [1.29, 1.82) is 0 Å². The lowest BCUT2D eigenvalue weighted by Gasteiger charge is -2.06. The van der Waals surface area contributed by atoms with Crippen LogP contribution in [-0.2, 0) is 12.8 Å². The van der Waals surface area contributed by atoms with Gasteiger partial charge in [-0.25, -0.2) is 9.97 Å². The lowest BCUT2D eigenvalue weighted by molar-refractivity contribution is 0.911. The number of fused-ring (bicyclic) bond motifs is 1. The molecule has 0 spiro atoms. The second-order valence-electron chi connectivity index (χ2n) is 4.17. The fourth-order valence-corrected chi connectivity index (χ4v) is 3.61. The van der Waals surface area contributed by atoms with Crippen LogP contribution in [0, 0.1) is 0 Å². The molecule has 1 heterocycles. The highest BCUT2D eigenvalue weighted by Gasteiger charge is 2.13. The van der Waals surface area contributed by atoms with Crippen LogP contribution in [0.3, 0.4) is 0 Å². The molecule has 0 saturated carbocycles. The highest BCUT2D eigenvalue weighted by molar-refractivity contribution is 9.10. The van der Waals surface area contributed by atoms with E-state index in [4.69, 9.17) is 11.6 Å². The summed E-state index contributed by atoms with van der Waals surface area (Å²) in [6.45, 7) is 0. The van der Waals surface area contributed by atoms with Gasteiger partial charge in [0.1, 0.15) is 16.5 Å². The Balaban J connectivity index is 1.90. The van der Waals surface area contributed by atoms with Crippen LogP contribution in [0.4, 0.5) is 0 Å². The zero-order chi connectivity index (χ0) is 12.5. The van der Waals surface area contributed by atoms with Crippen LogP contribution < -0.4 is 0 Å². The summed E-state index contributed by atoms with van der Waals surface area (Å²) in [7, 11) is 0. The molecule has 92 valence electrons. The van der Waals surface area contributed by atoms with Crippen molar-refractivity contribution < 1.29 is 0 Å². The van der Waals surface area contributed by atoms with Gasteiger partial charge in [-0.15, -0.1) is 0 Å². The van der Waals surface area contributed by atoms with Crippen LogP contribution in [0.5, 0.6) is 0 Å². The molecule has 2 nitrogen and oxygen atoms in total. The van der Waals surface area contributed by atoms with Crippen molar-refractivity contribution in [2.24, 2.45) is 0 Å². The highest BCUT2D eigenvalue weighted by Crippen LogP contribution is 2.36. The second kappa shape index (κ2) is 5.19. The van der Waals surface area contributed by atoms with E-state index in [1.165, 1.54) is 41.6 Å². The van der Waals surface area contributed by atoms with E-state index in [0.29, 0.717) is 5.15 Å². The van der Waals surface area contributed by atoms with Gasteiger partial charge >= 0.3 is 0 Å². The van der Waals surface area contributed by atoms with Crippen LogP contribution in [-0.4, -0.2) is 9.97 Å². The molecule has 0 radical (unpaired) electrons. The molecule has 0 amide bonds. The molecule has 0 fully saturated rings. The van der Waals surface area contributed by atoms with Gasteiger partial charge in [-0.05, 0) is 58.5 Å². The zero-order valence-electron chi connectivity index (χ0n) is 9.49. The minimum Gasteiger partial charge on any atom is -0.228 e. The summed E-state index contributed by atoms with van der Waals surface area (Å²) in [5, 5.41) is 1.31. The molecule has 2 aromatic rings. The van der Waals surface area contributed by atoms with Crippen molar-refractivity contribution in [2.75, 3.05) is 0 Å². The third-order valence-electron chi connectivity index (χ3n) is 3.00. The van der Waals surface area contributed by atoms with E-state index in [2.05, 4.69) is 44.1 Å². The molecule has 1 aliphatic carbocycles. The molecular formula is C13H10BrClN2S. The number of halogens is 2. The van der Waals surface area contributed by atoms with Crippen LogP contribution in [0.15, 0.2) is 38.9 Å². The Kier molecular flexibility index (Phi) is 3.59. The van der Waals surface area contributed by atoms with Gasteiger partial charge in [0.2, 0.25) is 0 Å². The van der Waals surface area contributed by atoms with Gasteiger partial charge in [0.05, 0.1) is 4.47 Å². The van der Waals surface area contributed by atoms with E-state index in [0.717, 1.165) is 9.50 Å². The zero-order valence-corrected chi connectivity index (χ0v) is 12.6. The second-order valence-corrected chi connectivity index (χ2v) is 6.38. The molecule has 18 heavy (non-hydrogen) atoms. The Morgan fingerprint density at radius 3 is 2.89 bits per heavy atom. The molecule has 5 heteroatoms. The monoisotopic (exact) mass is 340 g/mol. The molecule has 1 aromatic heterocycles. The highest BCUT2D eigenvalue weighted by atomic mass is 79.9. The van der Waals surface area contributed by atoms with E-state index in [1.807, 2.05) is 0 Å². The average Bonchev–Trinajstić information content (AvgIpc) is 2.82. The SMILES string of the molecule is Clc1ncnc(Sc2ccc3c(c2)CCC3)c1Br. The van der Waals surface area contributed by atoms with Gasteiger partial charge in [-0.1, -0.05) is 29.4 Å². The lowest BCUT2D eigenvalue weighted by Crippen LogP contribution is -1.87. The minimum absolute atomic E-state index is 0.452. The molecule has 0 saturated heterocycles. The third kappa shape index (κ3) is 2.42. The van der Waals surface area contributed by atoms with Gasteiger partial charge in [0, 0.05) is 4.90 Å². The Morgan fingerprint density at radius 1 is 1.17 bits per heavy atom. The maximum atomic E-state index is 5.96. The van der Waals surface area contributed by atoms with Crippen molar-refractivity contribution in [3.8, 4) is 0 Å².